The first kappa shape index (κ1) is 16.0. The fourth-order valence-corrected chi connectivity index (χ4v) is 2.83. The number of piperazine rings is 1. The maximum absolute atomic E-state index is 12.6. The largest absolute Gasteiger partial charge is 0.352 e. The smallest absolute Gasteiger partial charge is 0.318 e. The summed E-state index contributed by atoms with van der Waals surface area (Å²) < 4.78 is 0. The third kappa shape index (κ3) is 3.37. The van der Waals surface area contributed by atoms with Crippen molar-refractivity contribution < 1.29 is 9.59 Å². The van der Waals surface area contributed by atoms with Gasteiger partial charge < -0.3 is 15.5 Å². The van der Waals surface area contributed by atoms with Crippen LogP contribution in [0, 0.1) is 6.92 Å². The molecule has 1 aliphatic heterocycles. The fraction of sp³-hybridized carbons (Fsp3) is 0.278. The Hall–Kier alpha value is -2.89. The quantitative estimate of drug-likeness (QED) is 0.904. The molecular weight excluding hydrogens is 304 g/mol. The molecule has 0 saturated carbocycles. The van der Waals surface area contributed by atoms with Crippen LogP contribution in [0.25, 0.3) is 0 Å². The lowest BCUT2D eigenvalue weighted by molar-refractivity contribution is -0.127. The topological polar surface area (TPSA) is 74.3 Å². The van der Waals surface area contributed by atoms with E-state index < -0.39 is 6.04 Å². The Labute approximate surface area is 140 Å². The van der Waals surface area contributed by atoms with Crippen molar-refractivity contribution in [1.82, 2.24) is 20.5 Å². The zero-order valence-electron chi connectivity index (χ0n) is 13.5. The van der Waals surface area contributed by atoms with E-state index in [1.807, 2.05) is 43.3 Å². The van der Waals surface area contributed by atoms with E-state index in [0.717, 1.165) is 16.7 Å². The van der Waals surface area contributed by atoms with Crippen molar-refractivity contribution in [3.05, 3.63) is 65.5 Å². The molecule has 2 heterocycles. The summed E-state index contributed by atoms with van der Waals surface area (Å²) in [5.74, 6) is -0.150. The molecule has 1 aromatic carbocycles. The number of carbonyl (C=O) groups excluding carboxylic acids is 2. The third-order valence-electron chi connectivity index (χ3n) is 4.15. The zero-order valence-corrected chi connectivity index (χ0v) is 13.5. The predicted molar refractivity (Wildman–Crippen MR) is 90.1 cm³/mol. The van der Waals surface area contributed by atoms with E-state index in [2.05, 4.69) is 15.6 Å². The fourth-order valence-electron chi connectivity index (χ4n) is 2.83. The Balaban J connectivity index is 1.74. The summed E-state index contributed by atoms with van der Waals surface area (Å²) in [6.45, 7) is 3.30. The molecule has 0 unspecified atom stereocenters. The minimum Gasteiger partial charge on any atom is -0.352 e. The average Bonchev–Trinajstić information content (AvgIpc) is 2.61. The van der Waals surface area contributed by atoms with Gasteiger partial charge in [-0.1, -0.05) is 30.3 Å². The highest BCUT2D eigenvalue weighted by atomic mass is 16.2. The maximum atomic E-state index is 12.6. The molecule has 1 aliphatic rings. The molecule has 0 aliphatic carbocycles. The van der Waals surface area contributed by atoms with Crippen LogP contribution in [-0.4, -0.2) is 34.9 Å². The lowest BCUT2D eigenvalue weighted by Gasteiger charge is -2.35. The number of pyridine rings is 1. The van der Waals surface area contributed by atoms with Crippen LogP contribution in [-0.2, 0) is 11.3 Å². The van der Waals surface area contributed by atoms with Crippen LogP contribution in [0.1, 0.15) is 22.7 Å². The minimum atomic E-state index is -0.599. The van der Waals surface area contributed by atoms with E-state index in [9.17, 15) is 9.59 Å². The van der Waals surface area contributed by atoms with Gasteiger partial charge in [-0.3, -0.25) is 9.78 Å². The first-order chi connectivity index (χ1) is 11.7. The molecule has 1 atom stereocenters. The van der Waals surface area contributed by atoms with Crippen molar-refractivity contribution in [3.8, 4) is 0 Å². The third-order valence-corrected chi connectivity index (χ3v) is 4.15. The van der Waals surface area contributed by atoms with Crippen LogP contribution >= 0.6 is 0 Å². The van der Waals surface area contributed by atoms with Crippen LogP contribution in [0.2, 0.25) is 0 Å². The molecule has 3 rings (SSSR count). The van der Waals surface area contributed by atoms with Crippen LogP contribution in [0.15, 0.2) is 48.8 Å². The van der Waals surface area contributed by atoms with E-state index in [1.54, 1.807) is 17.3 Å². The van der Waals surface area contributed by atoms with E-state index in [-0.39, 0.29) is 11.9 Å². The molecule has 2 N–H and O–H groups in total. The normalized spacial score (nSPS) is 17.3. The Bertz CT molecular complexity index is 733. The number of carbonyl (C=O) groups is 2. The molecular formula is C18H20N4O2. The average molecular weight is 324 g/mol. The number of rotatable bonds is 3. The summed E-state index contributed by atoms with van der Waals surface area (Å²) in [6.07, 6.45) is 3.47. The molecule has 6 nitrogen and oxygen atoms in total. The van der Waals surface area contributed by atoms with Gasteiger partial charge in [0, 0.05) is 32.0 Å². The summed E-state index contributed by atoms with van der Waals surface area (Å²) in [5.41, 5.74) is 2.84. The highest BCUT2D eigenvalue weighted by Crippen LogP contribution is 2.23. The second-order valence-electron chi connectivity index (χ2n) is 5.76. The van der Waals surface area contributed by atoms with E-state index in [1.165, 1.54) is 0 Å². The van der Waals surface area contributed by atoms with Crippen molar-refractivity contribution in [2.24, 2.45) is 0 Å². The molecule has 2 aromatic rings. The Morgan fingerprint density at radius 2 is 2.12 bits per heavy atom. The van der Waals surface area contributed by atoms with Crippen molar-refractivity contribution in [2.45, 2.75) is 19.5 Å². The highest BCUT2D eigenvalue weighted by molar-refractivity contribution is 5.89. The Kier molecular flexibility index (Phi) is 4.74. The van der Waals surface area contributed by atoms with Gasteiger partial charge in [0.2, 0.25) is 5.91 Å². The first-order valence-electron chi connectivity index (χ1n) is 7.93. The van der Waals surface area contributed by atoms with Crippen LogP contribution < -0.4 is 10.6 Å². The number of aromatic nitrogens is 1. The SMILES string of the molecule is Cc1cnccc1CNC(=O)N1CCNC(=O)[C@@H]1c1ccccc1. The van der Waals surface area contributed by atoms with Gasteiger partial charge in [-0.15, -0.1) is 0 Å². The number of aryl methyl sites for hydroxylation is 1. The van der Waals surface area contributed by atoms with Gasteiger partial charge in [0.1, 0.15) is 6.04 Å². The van der Waals surface area contributed by atoms with Crippen molar-refractivity contribution in [2.75, 3.05) is 13.1 Å². The van der Waals surface area contributed by atoms with E-state index >= 15 is 0 Å². The predicted octanol–water partition coefficient (Wildman–Crippen LogP) is 1.77. The summed E-state index contributed by atoms with van der Waals surface area (Å²) in [5, 5.41) is 5.74. The van der Waals surface area contributed by atoms with E-state index in [0.29, 0.717) is 19.6 Å². The highest BCUT2D eigenvalue weighted by Gasteiger charge is 2.34. The summed E-state index contributed by atoms with van der Waals surface area (Å²) in [6, 6.07) is 10.4. The zero-order chi connectivity index (χ0) is 16.9. The number of hydrogen-bond donors (Lipinski definition) is 2. The number of amides is 3. The van der Waals surface area contributed by atoms with Crippen molar-refractivity contribution in [3.63, 3.8) is 0 Å². The van der Waals surface area contributed by atoms with Gasteiger partial charge >= 0.3 is 6.03 Å². The number of nitrogens with one attached hydrogen (secondary N) is 2. The monoisotopic (exact) mass is 324 g/mol. The number of hydrogen-bond acceptors (Lipinski definition) is 3. The van der Waals surface area contributed by atoms with Gasteiger partial charge in [-0.05, 0) is 29.7 Å². The molecule has 1 saturated heterocycles. The van der Waals surface area contributed by atoms with Gasteiger partial charge in [0.25, 0.3) is 0 Å². The lowest BCUT2D eigenvalue weighted by atomic mass is 10.0. The first-order valence-corrected chi connectivity index (χ1v) is 7.93. The van der Waals surface area contributed by atoms with Gasteiger partial charge in [0.15, 0.2) is 0 Å². The number of urea groups is 1. The standard InChI is InChI=1S/C18H20N4O2/c1-13-11-19-8-7-15(13)12-21-18(24)22-10-9-20-17(23)16(22)14-5-3-2-4-6-14/h2-8,11,16H,9-10,12H2,1H3,(H,20,23)(H,21,24)/t16-/m0/s1. The van der Waals surface area contributed by atoms with Crippen LogP contribution in [0.5, 0.6) is 0 Å². The molecule has 1 aromatic heterocycles. The molecule has 3 amide bonds. The van der Waals surface area contributed by atoms with Crippen LogP contribution in [0.4, 0.5) is 4.79 Å². The molecule has 24 heavy (non-hydrogen) atoms. The Morgan fingerprint density at radius 1 is 1.33 bits per heavy atom. The summed E-state index contributed by atoms with van der Waals surface area (Å²) >= 11 is 0. The summed E-state index contributed by atoms with van der Waals surface area (Å²) in [7, 11) is 0. The maximum Gasteiger partial charge on any atom is 0.318 e. The van der Waals surface area contributed by atoms with E-state index in [4.69, 9.17) is 0 Å². The van der Waals surface area contributed by atoms with Crippen molar-refractivity contribution in [1.29, 1.82) is 0 Å². The lowest BCUT2D eigenvalue weighted by Crippen LogP contribution is -2.54. The van der Waals surface area contributed by atoms with Gasteiger partial charge in [0.05, 0.1) is 0 Å². The van der Waals surface area contributed by atoms with Gasteiger partial charge in [-0.25, -0.2) is 4.79 Å². The molecule has 124 valence electrons. The second kappa shape index (κ2) is 7.12. The minimum absolute atomic E-state index is 0.150. The molecule has 6 heteroatoms. The second-order valence-corrected chi connectivity index (χ2v) is 5.76. The molecule has 1 fully saturated rings. The van der Waals surface area contributed by atoms with Crippen molar-refractivity contribution >= 4 is 11.9 Å². The molecule has 0 radical (unpaired) electrons. The summed E-state index contributed by atoms with van der Waals surface area (Å²) in [4.78, 5) is 30.6. The molecule has 0 bridgehead atoms. The number of benzene rings is 1. The van der Waals surface area contributed by atoms with Gasteiger partial charge in [-0.2, -0.15) is 0 Å². The molecule has 0 spiro atoms. The Morgan fingerprint density at radius 3 is 2.88 bits per heavy atom. The number of nitrogens with zero attached hydrogens (tertiary/aromatic N) is 2. The van der Waals surface area contributed by atoms with Crippen LogP contribution in [0.3, 0.4) is 0 Å².